The van der Waals surface area contributed by atoms with Gasteiger partial charge in [-0.2, -0.15) is 0 Å². The molecule has 0 amide bonds. The molecule has 2 aromatic heterocycles. The normalized spacial score (nSPS) is 11.3. The van der Waals surface area contributed by atoms with Crippen LogP contribution in [-0.4, -0.2) is 37.2 Å². The Kier molecular flexibility index (Phi) is 10.3. The molecule has 4 nitrogen and oxygen atoms in total. The fourth-order valence-electron chi connectivity index (χ4n) is 4.32. The lowest BCUT2D eigenvalue weighted by Crippen LogP contribution is -2.19. The number of anilines is 2. The van der Waals surface area contributed by atoms with Gasteiger partial charge in [-0.15, -0.1) is 0 Å². The number of benzene rings is 2. The molecule has 2 aromatic carbocycles. The minimum Gasteiger partial charge on any atom is -0.375 e. The predicted octanol–water partition coefficient (Wildman–Crippen LogP) is 7.95. The molecule has 0 bridgehead atoms. The van der Waals surface area contributed by atoms with Gasteiger partial charge >= 0.3 is 0 Å². The second-order valence-electron chi connectivity index (χ2n) is 9.67. The molecule has 0 unspecified atom stereocenters. The minimum atomic E-state index is 1.08. The van der Waals surface area contributed by atoms with Crippen molar-refractivity contribution in [3.63, 3.8) is 0 Å². The van der Waals surface area contributed by atoms with E-state index in [-0.39, 0.29) is 0 Å². The van der Waals surface area contributed by atoms with Crippen LogP contribution in [0.1, 0.15) is 47.9 Å². The van der Waals surface area contributed by atoms with Crippen molar-refractivity contribution in [2.75, 3.05) is 37.0 Å². The van der Waals surface area contributed by atoms with E-state index in [1.54, 1.807) is 0 Å². The number of unbranched alkanes of at least 4 members (excludes halogenated alkanes) is 3. The van der Waals surface area contributed by atoms with Gasteiger partial charge in [0.25, 0.3) is 0 Å². The monoisotopic (exact) mass is 502 g/mol. The molecule has 0 aliphatic carbocycles. The Bertz CT molecular complexity index is 1160. The first-order valence-electron chi connectivity index (χ1n) is 13.5. The lowest BCUT2D eigenvalue weighted by molar-refractivity contribution is 0.634. The first-order chi connectivity index (χ1) is 18.7. The number of rotatable bonds is 13. The van der Waals surface area contributed by atoms with Gasteiger partial charge in [0.05, 0.1) is 0 Å². The zero-order valence-electron chi connectivity index (χ0n) is 22.6. The van der Waals surface area contributed by atoms with Crippen molar-refractivity contribution < 1.29 is 0 Å². The molecule has 4 rings (SSSR count). The molecule has 0 N–H and O–H groups in total. The van der Waals surface area contributed by atoms with Gasteiger partial charge in [-0.1, -0.05) is 61.4 Å². The van der Waals surface area contributed by atoms with Crippen molar-refractivity contribution in [1.82, 2.24) is 9.97 Å². The second kappa shape index (κ2) is 14.5. The maximum absolute atomic E-state index is 4.06. The smallest absolute Gasteiger partial charge is 0.0364 e. The van der Waals surface area contributed by atoms with Gasteiger partial charge in [0.15, 0.2) is 0 Å². The number of hydrogen-bond donors (Lipinski definition) is 0. The van der Waals surface area contributed by atoms with Crippen molar-refractivity contribution in [2.24, 2.45) is 0 Å². The van der Waals surface area contributed by atoms with E-state index in [4.69, 9.17) is 0 Å². The van der Waals surface area contributed by atoms with E-state index < -0.39 is 0 Å². The summed E-state index contributed by atoms with van der Waals surface area (Å²) in [5.41, 5.74) is 7.28. The van der Waals surface area contributed by atoms with Crippen LogP contribution in [0.3, 0.4) is 0 Å². The third kappa shape index (κ3) is 8.74. The lowest BCUT2D eigenvalue weighted by Gasteiger charge is -2.20. The van der Waals surface area contributed by atoms with Crippen LogP contribution in [0, 0.1) is 0 Å². The van der Waals surface area contributed by atoms with Crippen LogP contribution >= 0.6 is 0 Å². The molecule has 4 aromatic rings. The number of hydrogen-bond acceptors (Lipinski definition) is 4. The molecule has 0 aliphatic rings. The Morgan fingerprint density at radius 2 is 0.763 bits per heavy atom. The Labute approximate surface area is 228 Å². The van der Waals surface area contributed by atoms with Crippen LogP contribution in [0.15, 0.2) is 97.6 Å². The fourth-order valence-corrected chi connectivity index (χ4v) is 4.32. The molecule has 4 heteroatoms. The first-order valence-corrected chi connectivity index (χ1v) is 13.5. The SMILES string of the molecule is CN(CCCCCCN(C)c1ccc(/C=C/c2ccncc2)cc1)c1ccc(/C=C/c2ccncc2)cc1. The van der Waals surface area contributed by atoms with Crippen LogP contribution in [-0.2, 0) is 0 Å². The predicted molar refractivity (Wildman–Crippen MR) is 164 cm³/mol. The summed E-state index contributed by atoms with van der Waals surface area (Å²) in [6.07, 6.45) is 20.7. The van der Waals surface area contributed by atoms with Crippen molar-refractivity contribution in [3.05, 3.63) is 120 Å². The second-order valence-corrected chi connectivity index (χ2v) is 9.67. The highest BCUT2D eigenvalue weighted by atomic mass is 15.1. The van der Waals surface area contributed by atoms with Crippen LogP contribution < -0.4 is 9.80 Å². The lowest BCUT2D eigenvalue weighted by atomic mass is 10.1. The summed E-state index contributed by atoms with van der Waals surface area (Å²) in [4.78, 5) is 12.8. The van der Waals surface area contributed by atoms with Crippen molar-refractivity contribution in [1.29, 1.82) is 0 Å². The molecule has 2 heterocycles. The quantitative estimate of drug-likeness (QED) is 0.174. The molecule has 0 atom stereocenters. The van der Waals surface area contributed by atoms with Crippen LogP contribution in [0.5, 0.6) is 0 Å². The number of nitrogens with zero attached hydrogens (tertiary/aromatic N) is 4. The zero-order valence-corrected chi connectivity index (χ0v) is 22.6. The number of pyridine rings is 2. The van der Waals surface area contributed by atoms with Gasteiger partial charge in [-0.25, -0.2) is 0 Å². The summed E-state index contributed by atoms with van der Waals surface area (Å²) in [7, 11) is 4.37. The zero-order chi connectivity index (χ0) is 26.4. The van der Waals surface area contributed by atoms with Gasteiger partial charge in [0.1, 0.15) is 0 Å². The van der Waals surface area contributed by atoms with Gasteiger partial charge in [0, 0.05) is 63.3 Å². The molecule has 38 heavy (non-hydrogen) atoms. The largest absolute Gasteiger partial charge is 0.375 e. The molecule has 0 radical (unpaired) electrons. The molecular weight excluding hydrogens is 464 g/mol. The highest BCUT2D eigenvalue weighted by molar-refractivity contribution is 5.71. The van der Waals surface area contributed by atoms with Crippen LogP contribution in [0.4, 0.5) is 11.4 Å². The van der Waals surface area contributed by atoms with E-state index in [9.17, 15) is 0 Å². The first kappa shape index (κ1) is 26.9. The van der Waals surface area contributed by atoms with Gasteiger partial charge in [0.2, 0.25) is 0 Å². The summed E-state index contributed by atoms with van der Waals surface area (Å²) in [6, 6.07) is 25.6. The molecular formula is C34H38N4. The average molecular weight is 503 g/mol. The third-order valence-corrected chi connectivity index (χ3v) is 6.75. The minimum absolute atomic E-state index is 1.08. The van der Waals surface area contributed by atoms with E-state index in [1.165, 1.54) is 48.2 Å². The summed E-state index contributed by atoms with van der Waals surface area (Å²) in [5, 5.41) is 0. The molecule has 0 saturated heterocycles. The topological polar surface area (TPSA) is 32.3 Å². The molecule has 0 fully saturated rings. The molecule has 0 saturated carbocycles. The Morgan fingerprint density at radius 3 is 1.11 bits per heavy atom. The summed E-state index contributed by atoms with van der Waals surface area (Å²) >= 11 is 0. The highest BCUT2D eigenvalue weighted by Gasteiger charge is 2.03. The molecule has 0 aliphatic heterocycles. The van der Waals surface area contributed by atoms with Crippen molar-refractivity contribution in [3.8, 4) is 0 Å². The van der Waals surface area contributed by atoms with E-state index in [0.717, 1.165) is 24.2 Å². The maximum Gasteiger partial charge on any atom is 0.0364 e. The van der Waals surface area contributed by atoms with Crippen LogP contribution in [0.25, 0.3) is 24.3 Å². The van der Waals surface area contributed by atoms with E-state index in [2.05, 4.69) is 107 Å². The number of aromatic nitrogens is 2. The molecule has 194 valence electrons. The van der Waals surface area contributed by atoms with E-state index in [1.807, 2.05) is 49.1 Å². The van der Waals surface area contributed by atoms with Crippen molar-refractivity contribution >= 4 is 35.7 Å². The summed E-state index contributed by atoms with van der Waals surface area (Å²) in [6.45, 7) is 2.16. The van der Waals surface area contributed by atoms with Crippen LogP contribution in [0.2, 0.25) is 0 Å². The fraction of sp³-hybridized carbons (Fsp3) is 0.235. The summed E-state index contributed by atoms with van der Waals surface area (Å²) in [5.74, 6) is 0. The van der Waals surface area contributed by atoms with Gasteiger partial charge in [-0.05, 0) is 83.6 Å². The van der Waals surface area contributed by atoms with Gasteiger partial charge < -0.3 is 9.80 Å². The third-order valence-electron chi connectivity index (χ3n) is 6.75. The van der Waals surface area contributed by atoms with E-state index in [0.29, 0.717) is 0 Å². The Balaban J connectivity index is 1.12. The average Bonchev–Trinajstić information content (AvgIpc) is 2.98. The van der Waals surface area contributed by atoms with E-state index >= 15 is 0 Å². The highest BCUT2D eigenvalue weighted by Crippen LogP contribution is 2.18. The summed E-state index contributed by atoms with van der Waals surface area (Å²) < 4.78 is 0. The Hall–Kier alpha value is -4.18. The molecule has 0 spiro atoms. The van der Waals surface area contributed by atoms with Crippen molar-refractivity contribution in [2.45, 2.75) is 25.7 Å². The Morgan fingerprint density at radius 1 is 0.447 bits per heavy atom. The van der Waals surface area contributed by atoms with Gasteiger partial charge in [-0.3, -0.25) is 9.97 Å². The standard InChI is InChI=1S/C34H38N4/c1-37(33-15-11-29(12-16-33)7-9-31-19-23-35-24-20-31)27-5-3-4-6-28-38(2)34-17-13-30(14-18-34)8-10-32-21-25-36-26-22-32/h7-26H,3-6,27-28H2,1-2H3/b9-7+,10-8+. The maximum atomic E-state index is 4.06.